The summed E-state index contributed by atoms with van der Waals surface area (Å²) in [4.78, 5) is 82.8. The second kappa shape index (κ2) is 38.5. The van der Waals surface area contributed by atoms with Crippen LogP contribution in [-0.2, 0) is 52.5 Å². The van der Waals surface area contributed by atoms with Crippen LogP contribution in [-0.4, -0.2) is 130 Å². The van der Waals surface area contributed by atoms with Gasteiger partial charge in [0, 0.05) is 51.8 Å². The molecule has 2 heterocycles. The molecule has 5 N–H and O–H groups in total. The summed E-state index contributed by atoms with van der Waals surface area (Å²) in [5.41, 5.74) is 0. The summed E-state index contributed by atoms with van der Waals surface area (Å²) >= 11 is 0. The van der Waals surface area contributed by atoms with Gasteiger partial charge in [0.05, 0.1) is 49.5 Å². The predicted octanol–water partition coefficient (Wildman–Crippen LogP) is 8.60. The van der Waals surface area contributed by atoms with E-state index in [1.54, 1.807) is 43.2 Å². The third kappa shape index (κ3) is 32.9. The molecule has 0 saturated carbocycles. The minimum absolute atomic E-state index is 0.00293. The minimum atomic E-state index is -1.08. The van der Waals surface area contributed by atoms with Crippen molar-refractivity contribution < 1.29 is 67.8 Å². The van der Waals surface area contributed by atoms with Crippen LogP contribution in [0.25, 0.3) is 0 Å². The summed E-state index contributed by atoms with van der Waals surface area (Å²) in [6.45, 7) is 2.10. The molecule has 0 radical (unpaired) electrons. The highest BCUT2D eigenvalue weighted by atomic mass is 33.2. The highest BCUT2D eigenvalue weighted by molar-refractivity contribution is 9.14. The van der Waals surface area contributed by atoms with Crippen molar-refractivity contribution in [2.45, 2.75) is 149 Å². The molecule has 22 heteroatoms. The molecule has 2 aliphatic rings. The Morgan fingerprint density at radius 1 is 0.477 bits per heavy atom. The van der Waals surface area contributed by atoms with Gasteiger partial charge in [0.15, 0.2) is 8.53 Å². The first kappa shape index (κ1) is 59.8. The molecule has 0 aromatic heterocycles. The van der Waals surface area contributed by atoms with Gasteiger partial charge >= 0.3 is 17.9 Å². The van der Waals surface area contributed by atoms with Gasteiger partial charge in [-0.2, -0.15) is 0 Å². The molecule has 2 amide bonds. The van der Waals surface area contributed by atoms with E-state index in [0.29, 0.717) is 51.7 Å². The Morgan fingerprint density at radius 3 is 1.60 bits per heavy atom. The lowest BCUT2D eigenvalue weighted by Gasteiger charge is -2.27. The second-order valence-electron chi connectivity index (χ2n) is 16.0. The fraction of sp³-hybridized carbons (Fsp3) is 0.837. The Kier molecular flexibility index (Phi) is 35.4. The lowest BCUT2D eigenvalue weighted by atomic mass is 9.94. The molecular formula is C43H72N2O14S6. The van der Waals surface area contributed by atoms with Gasteiger partial charge in [-0.25, -0.2) is 0 Å². The largest absolute Gasteiger partial charge is 0.481 e. The Morgan fingerprint density at radius 2 is 1.02 bits per heavy atom. The van der Waals surface area contributed by atoms with Crippen molar-refractivity contribution in [2.75, 3.05) is 65.9 Å². The molecule has 16 nitrogen and oxygen atoms in total. The highest BCUT2D eigenvalue weighted by Crippen LogP contribution is 2.84. The third-order valence-corrected chi connectivity index (χ3v) is 24.2. The van der Waals surface area contributed by atoms with Crippen LogP contribution in [0.4, 0.5) is 0 Å². The number of ketones is 2. The van der Waals surface area contributed by atoms with Crippen LogP contribution in [0, 0.1) is 11.8 Å². The number of carboxylic acids is 3. The molecule has 374 valence electrons. The quantitative estimate of drug-likeness (QED) is 0.0218. The molecule has 0 unspecified atom stereocenters. The number of amides is 2. The first-order chi connectivity index (χ1) is 31.4. The molecule has 2 saturated heterocycles. The molecule has 2 rings (SSSR count). The number of rotatable bonds is 45. The maximum Gasteiger partial charge on any atom is 0.308 e. The van der Waals surface area contributed by atoms with Gasteiger partial charge in [0.2, 0.25) is 11.8 Å². The van der Waals surface area contributed by atoms with E-state index in [9.17, 15) is 43.8 Å². The van der Waals surface area contributed by atoms with Gasteiger partial charge < -0.3 is 44.9 Å². The maximum atomic E-state index is 12.4. The summed E-state index contributed by atoms with van der Waals surface area (Å²) in [5.74, 6) is -4.60. The van der Waals surface area contributed by atoms with Crippen molar-refractivity contribution >= 4 is 106 Å². The first-order valence-electron chi connectivity index (χ1n) is 23.0. The van der Waals surface area contributed by atoms with Gasteiger partial charge in [-0.1, -0.05) is 114 Å². The molecule has 0 bridgehead atoms. The van der Waals surface area contributed by atoms with Crippen LogP contribution >= 0.6 is 64.8 Å². The first-order valence-corrected chi connectivity index (χ1v) is 29.6. The zero-order valence-electron chi connectivity index (χ0n) is 37.6. The summed E-state index contributed by atoms with van der Waals surface area (Å²) in [7, 11) is 10.5. The number of carbonyl (C=O) groups excluding carboxylic acids is 4. The van der Waals surface area contributed by atoms with Gasteiger partial charge in [-0.15, -0.1) is 0 Å². The maximum absolute atomic E-state index is 12.4. The number of hydrogen-bond acceptors (Lipinski definition) is 17. The molecular weight excluding hydrogens is 961 g/mol. The van der Waals surface area contributed by atoms with Gasteiger partial charge in [-0.05, 0) is 60.1 Å². The van der Waals surface area contributed by atoms with Crippen LogP contribution < -0.4 is 10.6 Å². The molecule has 65 heavy (non-hydrogen) atoms. The number of hydrogen-bond donors (Lipinski definition) is 5. The molecule has 1 spiro atoms. The second-order valence-corrected chi connectivity index (χ2v) is 25.5. The van der Waals surface area contributed by atoms with E-state index < -0.39 is 29.7 Å². The average Bonchev–Trinajstić information content (AvgIpc) is 4.03. The van der Waals surface area contributed by atoms with Crippen molar-refractivity contribution in [2.24, 2.45) is 11.8 Å². The molecule has 2 atom stereocenters. The molecule has 0 aliphatic carbocycles. The van der Waals surface area contributed by atoms with Crippen molar-refractivity contribution in [1.82, 2.24) is 10.6 Å². The molecule has 0 aromatic carbocycles. The number of carboxylic acid groups (broad SMARTS) is 3. The smallest absolute Gasteiger partial charge is 0.308 e. The zero-order valence-corrected chi connectivity index (χ0v) is 42.5. The fourth-order valence-electron chi connectivity index (χ4n) is 6.56. The summed E-state index contributed by atoms with van der Waals surface area (Å²) in [6, 6.07) is 0. The average molecular weight is 1030 g/mol. The Balaban J connectivity index is 1.32. The Bertz CT molecular complexity index is 1390. The monoisotopic (exact) mass is 1030 g/mol. The molecule has 0 aromatic rings. The summed E-state index contributed by atoms with van der Waals surface area (Å²) in [6.07, 6.45) is 15.9. The van der Waals surface area contributed by atoms with E-state index in [1.165, 1.54) is 19.3 Å². The van der Waals surface area contributed by atoms with Crippen LogP contribution in [0.5, 0.6) is 0 Å². The standard InChI is InChI=1S/C43H72N2O14S6/c46-34(16-11-9-7-5-3-1-2-4-6-8-10-12-19-39(50)51)30-33(40(52)53)20-21-37(48)45-23-25-57-27-28-58-31-35(47)17-15-24-56-26-29-59-32-38(49)44-22-14-13-18-36(41(54)55)42-60-62-43(63-61-42)64-65-43/h33,36,42H,1-32H2,(H,44,49)(H,45,48)(H,50,51)(H,52,53)(H,54,55)/t33-,36+/m1/s1. The van der Waals surface area contributed by atoms with Crippen LogP contribution in [0.1, 0.15) is 141 Å². The van der Waals surface area contributed by atoms with Gasteiger partial charge in [0.25, 0.3) is 0 Å². The lowest BCUT2D eigenvalue weighted by molar-refractivity contribution is -0.144. The normalized spacial score (nSPS) is 15.3. The number of nitrogens with one attached hydrogen (secondary N) is 2. The Labute approximate surface area is 408 Å². The van der Waals surface area contributed by atoms with E-state index in [-0.39, 0.29) is 109 Å². The summed E-state index contributed by atoms with van der Waals surface area (Å²) < 4.78 is 21.8. The van der Waals surface area contributed by atoms with E-state index in [0.717, 1.165) is 57.8 Å². The number of carbonyl (C=O) groups is 7. The number of ether oxygens (including phenoxy) is 4. The predicted molar refractivity (Wildman–Crippen MR) is 263 cm³/mol. The van der Waals surface area contributed by atoms with Crippen LogP contribution in [0.2, 0.25) is 0 Å². The van der Waals surface area contributed by atoms with E-state index in [2.05, 4.69) is 10.6 Å². The Hall–Kier alpha value is -1.37. The molecule has 2 fully saturated rings. The minimum Gasteiger partial charge on any atom is -0.481 e. The van der Waals surface area contributed by atoms with Crippen molar-refractivity contribution in [3.8, 4) is 0 Å². The summed E-state index contributed by atoms with van der Waals surface area (Å²) in [5, 5.41) is 33.4. The fourth-order valence-corrected chi connectivity index (χ4v) is 20.4. The lowest BCUT2D eigenvalue weighted by Crippen LogP contribution is -2.29. The topological polar surface area (TPSA) is 241 Å². The molecule has 2 aliphatic heterocycles. The highest BCUT2D eigenvalue weighted by Gasteiger charge is 2.53. The van der Waals surface area contributed by atoms with Gasteiger partial charge in [0.1, 0.15) is 19.0 Å². The van der Waals surface area contributed by atoms with Crippen molar-refractivity contribution in [1.29, 1.82) is 0 Å². The number of Topliss-reactive ketones (excluding diaryl/α,β-unsaturated/α-hetero) is 2. The van der Waals surface area contributed by atoms with Gasteiger partial charge in [-0.3, -0.25) is 33.6 Å². The van der Waals surface area contributed by atoms with E-state index >= 15 is 0 Å². The third-order valence-electron chi connectivity index (χ3n) is 10.3. The SMILES string of the molecule is O=C(O)CCCCCCCCCCCCCCC(=O)C[C@@H](CCC(=O)NCCOCCOCC(=O)CCCOCCOCC(=O)NCCCC[C@@H](C(=O)O)C1SSC2(SS1)SS2)C(=O)O. The number of unbranched alkanes of at least 4 members (excludes halogenated alkanes) is 12. The van der Waals surface area contributed by atoms with Crippen molar-refractivity contribution in [3.05, 3.63) is 0 Å². The number of aliphatic carboxylic acids is 3. The zero-order chi connectivity index (χ0) is 47.4. The van der Waals surface area contributed by atoms with Crippen LogP contribution in [0.3, 0.4) is 0 Å². The van der Waals surface area contributed by atoms with Crippen molar-refractivity contribution in [3.63, 3.8) is 0 Å². The van der Waals surface area contributed by atoms with Crippen LogP contribution in [0.15, 0.2) is 0 Å². The van der Waals surface area contributed by atoms with E-state index in [4.69, 9.17) is 24.1 Å². The van der Waals surface area contributed by atoms with E-state index in [1.807, 2.05) is 21.6 Å².